The topological polar surface area (TPSA) is 66.5 Å². The Hall–Kier alpha value is -2.19. The van der Waals surface area contributed by atoms with Gasteiger partial charge in [-0.15, -0.1) is 11.8 Å². The van der Waals surface area contributed by atoms with Gasteiger partial charge in [0.05, 0.1) is 22.3 Å². The number of hydrogen-bond acceptors (Lipinski definition) is 6. The molecule has 0 saturated heterocycles. The minimum atomic E-state index is -0.226. The molecule has 0 atom stereocenters. The Labute approximate surface area is 145 Å². The van der Waals surface area contributed by atoms with Crippen LogP contribution in [0.4, 0.5) is 9.52 Å². The predicted octanol–water partition coefficient (Wildman–Crippen LogP) is 4.45. The summed E-state index contributed by atoms with van der Waals surface area (Å²) in [4.78, 5) is 10.6. The number of thiazole rings is 1. The highest BCUT2D eigenvalue weighted by molar-refractivity contribution is 7.98. The summed E-state index contributed by atoms with van der Waals surface area (Å²) in [6, 6.07) is 3.81. The van der Waals surface area contributed by atoms with Crippen LogP contribution in [0.15, 0.2) is 23.2 Å². The monoisotopic (exact) mass is 359 g/mol. The van der Waals surface area contributed by atoms with Crippen molar-refractivity contribution in [2.24, 2.45) is 0 Å². The van der Waals surface area contributed by atoms with Crippen molar-refractivity contribution >= 4 is 49.5 Å². The van der Waals surface area contributed by atoms with E-state index in [1.54, 1.807) is 13.1 Å². The van der Waals surface area contributed by atoms with Crippen LogP contribution in [0, 0.1) is 12.7 Å². The fraction of sp³-hybridized carbons (Fsp3) is 0.188. The summed E-state index contributed by atoms with van der Waals surface area (Å²) in [5, 5.41) is 11.7. The van der Waals surface area contributed by atoms with Crippen LogP contribution in [0.5, 0.6) is 0 Å². The molecule has 8 heteroatoms. The number of aromatic amines is 1. The number of halogens is 1. The lowest BCUT2D eigenvalue weighted by Crippen LogP contribution is -1.95. The zero-order valence-corrected chi connectivity index (χ0v) is 14.9. The number of anilines is 1. The molecule has 4 rings (SSSR count). The van der Waals surface area contributed by atoms with E-state index in [1.807, 2.05) is 25.4 Å². The van der Waals surface area contributed by atoms with Crippen molar-refractivity contribution in [1.29, 1.82) is 0 Å². The summed E-state index contributed by atoms with van der Waals surface area (Å²) in [6.07, 6.45) is 3.60. The third-order valence-electron chi connectivity index (χ3n) is 3.97. The van der Waals surface area contributed by atoms with Gasteiger partial charge in [0.25, 0.3) is 0 Å². The first-order chi connectivity index (χ1) is 11.6. The number of rotatable bonds is 3. The van der Waals surface area contributed by atoms with Crippen molar-refractivity contribution in [1.82, 2.24) is 20.2 Å². The number of nitrogens with zero attached hydrogens (tertiary/aromatic N) is 3. The maximum Gasteiger partial charge on any atom is 0.185 e. The Morgan fingerprint density at radius 1 is 1.29 bits per heavy atom. The number of pyridine rings is 1. The summed E-state index contributed by atoms with van der Waals surface area (Å²) in [6.45, 7) is 1.76. The lowest BCUT2D eigenvalue weighted by Gasteiger charge is -2.12. The van der Waals surface area contributed by atoms with Crippen LogP contribution in [-0.4, -0.2) is 33.5 Å². The van der Waals surface area contributed by atoms with Gasteiger partial charge in [-0.25, -0.2) is 14.4 Å². The van der Waals surface area contributed by atoms with Gasteiger partial charge in [0, 0.05) is 23.6 Å². The van der Waals surface area contributed by atoms with Crippen LogP contribution in [0.2, 0.25) is 0 Å². The van der Waals surface area contributed by atoms with Crippen molar-refractivity contribution < 1.29 is 4.39 Å². The van der Waals surface area contributed by atoms with Gasteiger partial charge in [0.1, 0.15) is 16.2 Å². The molecule has 0 aliphatic heterocycles. The molecule has 1 aromatic carbocycles. The summed E-state index contributed by atoms with van der Waals surface area (Å²) in [5.41, 5.74) is 3.61. The normalized spacial score (nSPS) is 11.5. The molecule has 0 amide bonds. The lowest BCUT2D eigenvalue weighted by atomic mass is 10.0. The Bertz CT molecular complexity index is 1070. The largest absolute Gasteiger partial charge is 0.365 e. The van der Waals surface area contributed by atoms with Crippen LogP contribution in [0.25, 0.3) is 32.5 Å². The van der Waals surface area contributed by atoms with Crippen LogP contribution < -0.4 is 5.32 Å². The number of aromatic nitrogens is 4. The molecule has 0 saturated carbocycles. The van der Waals surface area contributed by atoms with Crippen molar-refractivity contribution in [2.45, 2.75) is 11.8 Å². The minimum absolute atomic E-state index is 0.226. The number of H-pyrrole nitrogens is 1. The molecule has 0 fully saturated rings. The predicted molar refractivity (Wildman–Crippen MR) is 98.5 cm³/mol. The molecule has 2 N–H and O–H groups in total. The van der Waals surface area contributed by atoms with Crippen LogP contribution in [-0.2, 0) is 0 Å². The second-order valence-electron chi connectivity index (χ2n) is 5.30. The van der Waals surface area contributed by atoms with Gasteiger partial charge in [-0.2, -0.15) is 5.10 Å². The molecule has 24 heavy (non-hydrogen) atoms. The third kappa shape index (κ3) is 2.17. The molecule has 3 aromatic heterocycles. The van der Waals surface area contributed by atoms with E-state index < -0.39 is 0 Å². The summed E-state index contributed by atoms with van der Waals surface area (Å²) in [7, 11) is 1.83. The Balaban J connectivity index is 2.05. The highest BCUT2D eigenvalue weighted by Crippen LogP contribution is 2.40. The average molecular weight is 359 g/mol. The first-order valence-corrected chi connectivity index (χ1v) is 9.33. The van der Waals surface area contributed by atoms with E-state index in [1.165, 1.54) is 23.1 Å². The van der Waals surface area contributed by atoms with Crippen LogP contribution in [0.3, 0.4) is 0 Å². The van der Waals surface area contributed by atoms with Crippen LogP contribution in [0.1, 0.15) is 5.56 Å². The zero-order valence-electron chi connectivity index (χ0n) is 13.3. The zero-order chi connectivity index (χ0) is 16.8. The van der Waals surface area contributed by atoms with E-state index in [4.69, 9.17) is 4.98 Å². The molecule has 4 aromatic rings. The lowest BCUT2D eigenvalue weighted by molar-refractivity contribution is 0.596. The number of fused-ring (bicyclic) bond motifs is 2. The SMILES string of the molecule is CNc1nc2ccc(-c3c(SC)c(F)c(C)c4[nH]ncc34)nc2s1. The third-order valence-corrected chi connectivity index (χ3v) is 5.74. The fourth-order valence-electron chi connectivity index (χ4n) is 2.78. The number of thioether (sulfide) groups is 1. The van der Waals surface area contributed by atoms with E-state index in [2.05, 4.69) is 20.5 Å². The molecule has 5 nitrogen and oxygen atoms in total. The van der Waals surface area contributed by atoms with Crippen molar-refractivity contribution in [3.63, 3.8) is 0 Å². The molecule has 0 aliphatic carbocycles. The first-order valence-electron chi connectivity index (χ1n) is 7.29. The van der Waals surface area contributed by atoms with Crippen molar-refractivity contribution in [3.05, 3.63) is 29.7 Å². The Morgan fingerprint density at radius 2 is 2.12 bits per heavy atom. The highest BCUT2D eigenvalue weighted by Gasteiger charge is 2.21. The van der Waals surface area contributed by atoms with E-state index in [-0.39, 0.29) is 5.82 Å². The van der Waals surface area contributed by atoms with Gasteiger partial charge < -0.3 is 5.32 Å². The maximum absolute atomic E-state index is 14.8. The van der Waals surface area contributed by atoms with Gasteiger partial charge >= 0.3 is 0 Å². The molecule has 0 aliphatic rings. The smallest absolute Gasteiger partial charge is 0.185 e. The first kappa shape index (κ1) is 15.3. The van der Waals surface area contributed by atoms with Gasteiger partial charge in [-0.05, 0) is 25.3 Å². The molecule has 0 spiro atoms. The van der Waals surface area contributed by atoms with E-state index in [9.17, 15) is 4.39 Å². The number of nitrogens with one attached hydrogen (secondary N) is 2. The molecule has 3 heterocycles. The second-order valence-corrected chi connectivity index (χ2v) is 7.09. The Morgan fingerprint density at radius 3 is 2.88 bits per heavy atom. The molecular formula is C16H14FN5S2. The van der Waals surface area contributed by atoms with Gasteiger partial charge in [0.2, 0.25) is 0 Å². The molecule has 0 unspecified atom stereocenters. The second kappa shape index (κ2) is 5.71. The number of benzene rings is 1. The summed E-state index contributed by atoms with van der Waals surface area (Å²) < 4.78 is 14.8. The number of aryl methyl sites for hydroxylation is 1. The van der Waals surface area contributed by atoms with E-state index in [0.717, 1.165) is 32.1 Å². The highest BCUT2D eigenvalue weighted by atomic mass is 32.2. The van der Waals surface area contributed by atoms with Crippen LogP contribution >= 0.6 is 23.1 Å². The number of hydrogen-bond donors (Lipinski definition) is 2. The fourth-order valence-corrected chi connectivity index (χ4v) is 4.33. The van der Waals surface area contributed by atoms with Gasteiger partial charge in [-0.1, -0.05) is 11.3 Å². The van der Waals surface area contributed by atoms with E-state index in [0.29, 0.717) is 16.0 Å². The van der Waals surface area contributed by atoms with Gasteiger partial charge in [0.15, 0.2) is 5.13 Å². The molecular weight excluding hydrogens is 345 g/mol. The summed E-state index contributed by atoms with van der Waals surface area (Å²) in [5.74, 6) is -0.226. The van der Waals surface area contributed by atoms with Gasteiger partial charge in [-0.3, -0.25) is 5.10 Å². The standard InChI is InChI=1S/C16H14FN5S2/c1-7-12(17)14(23-3)11(8-6-19-22-13(7)8)9-4-5-10-15(20-9)24-16(18-2)21-10/h4-6H,1-3H3,(H,18,21)(H,19,22). The Kier molecular flexibility index (Phi) is 3.65. The molecule has 0 radical (unpaired) electrons. The van der Waals surface area contributed by atoms with Crippen molar-refractivity contribution in [2.75, 3.05) is 18.6 Å². The average Bonchev–Trinajstić information content (AvgIpc) is 3.23. The summed E-state index contributed by atoms with van der Waals surface area (Å²) >= 11 is 2.86. The quantitative estimate of drug-likeness (QED) is 0.529. The molecule has 0 bridgehead atoms. The van der Waals surface area contributed by atoms with Crippen molar-refractivity contribution in [3.8, 4) is 11.3 Å². The molecule has 122 valence electrons. The van der Waals surface area contributed by atoms with E-state index >= 15 is 0 Å². The minimum Gasteiger partial charge on any atom is -0.365 e. The maximum atomic E-state index is 14.8.